The maximum Gasteiger partial charge on any atom is 0.282 e. The maximum absolute atomic E-state index is 13.0. The Kier molecular flexibility index (Phi) is 7.67. The van der Waals surface area contributed by atoms with Crippen LogP contribution in [0.15, 0.2) is 18.2 Å². The van der Waals surface area contributed by atoms with Crippen molar-refractivity contribution in [2.24, 2.45) is 0 Å². The van der Waals surface area contributed by atoms with E-state index in [2.05, 4.69) is 5.32 Å². The van der Waals surface area contributed by atoms with Gasteiger partial charge in [-0.25, -0.2) is 0 Å². The highest BCUT2D eigenvalue weighted by Gasteiger charge is 2.36. The first-order valence-electron chi connectivity index (χ1n) is 10.4. The van der Waals surface area contributed by atoms with E-state index in [0.29, 0.717) is 31.9 Å². The molecule has 1 aromatic carbocycles. The quantitative estimate of drug-likeness (QED) is 0.449. The second-order valence-corrected chi connectivity index (χ2v) is 9.88. The van der Waals surface area contributed by atoms with Gasteiger partial charge in [0.1, 0.15) is 5.75 Å². The van der Waals surface area contributed by atoms with Gasteiger partial charge in [0.05, 0.1) is 42.5 Å². The molecule has 0 bridgehead atoms. The van der Waals surface area contributed by atoms with E-state index in [0.717, 1.165) is 0 Å². The number of nitro groups is 1. The Morgan fingerprint density at radius 1 is 1.19 bits per heavy atom. The molecule has 2 heterocycles. The third-order valence-corrected chi connectivity index (χ3v) is 7.38. The van der Waals surface area contributed by atoms with Crippen LogP contribution in [0.2, 0.25) is 0 Å². The number of ether oxygens (including phenoxy) is 2. The molecule has 2 unspecified atom stereocenters. The van der Waals surface area contributed by atoms with Crippen molar-refractivity contribution in [3.8, 4) is 5.75 Å². The molecule has 0 spiro atoms. The second-order valence-electron chi connectivity index (χ2n) is 7.95. The molecule has 32 heavy (non-hydrogen) atoms. The summed E-state index contributed by atoms with van der Waals surface area (Å²) in [5, 5.41) is 13.6. The summed E-state index contributed by atoms with van der Waals surface area (Å²) in [5.74, 6) is -0.123. The van der Waals surface area contributed by atoms with Gasteiger partial charge < -0.3 is 14.8 Å². The summed E-state index contributed by atoms with van der Waals surface area (Å²) in [6, 6.07) is 3.95. The van der Waals surface area contributed by atoms with Crippen molar-refractivity contribution in [1.29, 1.82) is 0 Å². The van der Waals surface area contributed by atoms with Gasteiger partial charge in [0, 0.05) is 45.3 Å². The van der Waals surface area contributed by atoms with E-state index in [4.69, 9.17) is 9.47 Å². The number of rotatable bonds is 7. The number of nitrogens with one attached hydrogen (secondary N) is 1. The van der Waals surface area contributed by atoms with Crippen LogP contribution in [-0.2, 0) is 19.7 Å². The van der Waals surface area contributed by atoms with E-state index in [1.165, 1.54) is 33.9 Å². The van der Waals surface area contributed by atoms with Crippen molar-refractivity contribution in [3.63, 3.8) is 0 Å². The molecule has 2 saturated heterocycles. The number of carbonyl (C=O) groups is 1. The Balaban J connectivity index is 1.54. The lowest BCUT2D eigenvalue weighted by atomic mass is 10.2. The van der Waals surface area contributed by atoms with E-state index in [9.17, 15) is 23.3 Å². The first-order valence-corrected chi connectivity index (χ1v) is 11.7. The summed E-state index contributed by atoms with van der Waals surface area (Å²) >= 11 is 0. The van der Waals surface area contributed by atoms with Gasteiger partial charge >= 0.3 is 0 Å². The number of carbonyl (C=O) groups excluding carboxylic acids is 1. The zero-order chi connectivity index (χ0) is 23.5. The summed E-state index contributed by atoms with van der Waals surface area (Å²) in [4.78, 5) is 24.7. The molecule has 178 valence electrons. The topological polar surface area (TPSA) is 135 Å². The molecule has 12 nitrogen and oxygen atoms in total. The Morgan fingerprint density at radius 2 is 1.81 bits per heavy atom. The molecule has 0 saturated carbocycles. The van der Waals surface area contributed by atoms with Crippen LogP contribution in [0, 0.1) is 10.1 Å². The van der Waals surface area contributed by atoms with Crippen LogP contribution in [0.3, 0.4) is 0 Å². The molecular weight excluding hydrogens is 442 g/mol. The molecule has 2 aliphatic rings. The van der Waals surface area contributed by atoms with Gasteiger partial charge in [0.15, 0.2) is 0 Å². The highest BCUT2D eigenvalue weighted by Crippen LogP contribution is 2.29. The summed E-state index contributed by atoms with van der Waals surface area (Å²) in [5.41, 5.74) is 0.195. The van der Waals surface area contributed by atoms with E-state index in [1.54, 1.807) is 0 Å². The molecular formula is C19H29N5O7S. The third kappa shape index (κ3) is 5.72. The number of amides is 1. The Bertz CT molecular complexity index is 939. The van der Waals surface area contributed by atoms with E-state index < -0.39 is 15.1 Å². The highest BCUT2D eigenvalue weighted by molar-refractivity contribution is 7.86. The van der Waals surface area contributed by atoms with Gasteiger partial charge in [-0.05, 0) is 19.9 Å². The van der Waals surface area contributed by atoms with Gasteiger partial charge in [-0.1, -0.05) is 0 Å². The molecule has 3 rings (SSSR count). The molecule has 0 aliphatic carbocycles. The number of anilines is 1. The van der Waals surface area contributed by atoms with Crippen LogP contribution in [0.4, 0.5) is 11.4 Å². The van der Waals surface area contributed by atoms with Crippen LogP contribution in [0.1, 0.15) is 13.8 Å². The van der Waals surface area contributed by atoms with E-state index in [1.807, 2.05) is 18.7 Å². The van der Waals surface area contributed by atoms with Crippen molar-refractivity contribution in [3.05, 3.63) is 28.3 Å². The molecule has 2 atom stereocenters. The largest absolute Gasteiger partial charge is 0.494 e. The van der Waals surface area contributed by atoms with Gasteiger partial charge in [-0.15, -0.1) is 0 Å². The average Bonchev–Trinajstić information content (AvgIpc) is 2.73. The number of nitro benzene ring substituents is 1. The molecule has 0 radical (unpaired) electrons. The van der Waals surface area contributed by atoms with E-state index >= 15 is 0 Å². The van der Waals surface area contributed by atoms with Crippen molar-refractivity contribution in [2.75, 3.05) is 58.2 Å². The standard InChI is InChI=1S/C19H29N5O7S/c1-14-11-23(12-15(2)31-14)32(28,29)22-8-6-21(7-9-22)13-19(25)20-17-5-4-16(24(26)27)10-18(17)30-3/h4-5,10,14-15H,6-9,11-13H2,1-3H3,(H,20,25). The molecule has 1 aromatic rings. The van der Waals surface area contributed by atoms with Gasteiger partial charge in [0.2, 0.25) is 5.91 Å². The molecule has 1 N–H and O–H groups in total. The van der Waals surface area contributed by atoms with Gasteiger partial charge in [-0.2, -0.15) is 17.0 Å². The molecule has 13 heteroatoms. The van der Waals surface area contributed by atoms with Crippen molar-refractivity contribution in [1.82, 2.24) is 13.5 Å². The number of piperazine rings is 1. The minimum Gasteiger partial charge on any atom is -0.494 e. The first kappa shape index (κ1) is 24.3. The van der Waals surface area contributed by atoms with E-state index in [-0.39, 0.29) is 49.2 Å². The number of hydrogen-bond donors (Lipinski definition) is 1. The lowest BCUT2D eigenvalue weighted by molar-refractivity contribution is -0.384. The van der Waals surface area contributed by atoms with Crippen molar-refractivity contribution in [2.45, 2.75) is 26.1 Å². The third-order valence-electron chi connectivity index (χ3n) is 5.41. The molecule has 2 fully saturated rings. The second kappa shape index (κ2) is 10.1. The maximum atomic E-state index is 13.0. The summed E-state index contributed by atoms with van der Waals surface area (Å²) in [6.07, 6.45) is -0.315. The minimum absolute atomic E-state index is 0.0691. The Labute approximate surface area is 187 Å². The molecule has 0 aromatic heterocycles. The first-order chi connectivity index (χ1) is 15.1. The number of morpholine rings is 1. The molecule has 2 aliphatic heterocycles. The van der Waals surface area contributed by atoms with Crippen molar-refractivity contribution < 1.29 is 27.6 Å². The predicted octanol–water partition coefficient (Wildman–Crippen LogP) is 0.514. The Hall–Kier alpha value is -2.32. The number of non-ortho nitro benzene ring substituents is 1. The van der Waals surface area contributed by atoms with Crippen LogP contribution in [-0.4, -0.2) is 97.9 Å². The smallest absolute Gasteiger partial charge is 0.282 e. The predicted molar refractivity (Wildman–Crippen MR) is 117 cm³/mol. The van der Waals surface area contributed by atoms with Crippen LogP contribution < -0.4 is 10.1 Å². The van der Waals surface area contributed by atoms with Crippen LogP contribution in [0.25, 0.3) is 0 Å². The minimum atomic E-state index is -3.58. The number of nitrogens with zero attached hydrogens (tertiary/aromatic N) is 4. The zero-order valence-corrected chi connectivity index (χ0v) is 19.2. The number of benzene rings is 1. The fourth-order valence-corrected chi connectivity index (χ4v) is 5.64. The van der Waals surface area contributed by atoms with Crippen molar-refractivity contribution >= 4 is 27.5 Å². The lowest BCUT2D eigenvalue weighted by Crippen LogP contribution is -2.57. The SMILES string of the molecule is COc1cc([N+](=O)[O-])ccc1NC(=O)CN1CCN(S(=O)(=O)N2CC(C)OC(C)C2)CC1. The van der Waals surface area contributed by atoms with Gasteiger partial charge in [-0.3, -0.25) is 19.8 Å². The van der Waals surface area contributed by atoms with Gasteiger partial charge in [0.25, 0.3) is 15.9 Å². The lowest BCUT2D eigenvalue weighted by Gasteiger charge is -2.40. The molecule has 1 amide bonds. The number of hydrogen-bond acceptors (Lipinski definition) is 8. The van der Waals surface area contributed by atoms with Crippen LogP contribution in [0.5, 0.6) is 5.75 Å². The normalized spacial score (nSPS) is 23.6. The summed E-state index contributed by atoms with van der Waals surface area (Å²) in [7, 11) is -2.22. The number of methoxy groups -OCH3 is 1. The highest BCUT2D eigenvalue weighted by atomic mass is 32.2. The summed E-state index contributed by atoms with van der Waals surface area (Å²) < 4.78 is 39.6. The average molecular weight is 472 g/mol. The fraction of sp³-hybridized carbons (Fsp3) is 0.632. The monoisotopic (exact) mass is 471 g/mol. The van der Waals surface area contributed by atoms with Crippen LogP contribution >= 0.6 is 0 Å². The Morgan fingerprint density at radius 3 is 2.38 bits per heavy atom. The summed E-state index contributed by atoms with van der Waals surface area (Å²) in [6.45, 7) is 5.84. The zero-order valence-electron chi connectivity index (χ0n) is 18.4. The fourth-order valence-electron chi connectivity index (χ4n) is 3.89.